The molecule has 2 aromatic carbocycles. The summed E-state index contributed by atoms with van der Waals surface area (Å²) in [5, 5.41) is 4.39. The molecule has 172 valence electrons. The fourth-order valence-electron chi connectivity index (χ4n) is 4.46. The molecular weight excluding hydrogens is 414 g/mol. The first-order valence-corrected chi connectivity index (χ1v) is 11.4. The molecule has 0 spiro atoms. The first kappa shape index (κ1) is 22.7. The van der Waals surface area contributed by atoms with Gasteiger partial charge >= 0.3 is 0 Å². The highest BCUT2D eigenvalue weighted by Gasteiger charge is 2.37. The van der Waals surface area contributed by atoms with Gasteiger partial charge in [-0.05, 0) is 30.5 Å². The largest absolute Gasteiger partial charge is 0.342 e. The maximum absolute atomic E-state index is 13.5. The van der Waals surface area contributed by atoms with Crippen LogP contribution in [-0.2, 0) is 22.6 Å². The molecule has 7 nitrogen and oxygen atoms in total. The lowest BCUT2D eigenvalue weighted by molar-refractivity contribution is -0.152. The third kappa shape index (κ3) is 4.97. The standard InChI is InChI=1S/C26H31N5O2/c1-18(17-31-20(3)27-19(2)28-31)25(32)30-14-13-29(4)26(33)24(30)16-21-9-8-12-23(15-21)22-10-6-5-7-11-22/h5-12,15,18,24H,13-14,16-17H2,1-4H3/t18-,24+/m1/s1. The lowest BCUT2D eigenvalue weighted by Crippen LogP contribution is -2.59. The molecule has 1 aliphatic rings. The van der Waals surface area contributed by atoms with E-state index in [1.165, 1.54) is 0 Å². The predicted molar refractivity (Wildman–Crippen MR) is 127 cm³/mol. The Morgan fingerprint density at radius 3 is 2.48 bits per heavy atom. The van der Waals surface area contributed by atoms with Gasteiger partial charge in [-0.25, -0.2) is 9.67 Å². The number of amides is 2. The van der Waals surface area contributed by atoms with Gasteiger partial charge in [0.25, 0.3) is 0 Å². The van der Waals surface area contributed by atoms with Crippen molar-refractivity contribution in [2.75, 3.05) is 20.1 Å². The predicted octanol–water partition coefficient (Wildman–Crippen LogP) is 3.11. The van der Waals surface area contributed by atoms with E-state index in [4.69, 9.17) is 0 Å². The molecule has 33 heavy (non-hydrogen) atoms. The van der Waals surface area contributed by atoms with E-state index in [-0.39, 0.29) is 17.7 Å². The van der Waals surface area contributed by atoms with Gasteiger partial charge in [0.1, 0.15) is 17.7 Å². The molecule has 1 aliphatic heterocycles. The minimum Gasteiger partial charge on any atom is -0.342 e. The smallest absolute Gasteiger partial charge is 0.245 e. The monoisotopic (exact) mass is 445 g/mol. The Bertz CT molecular complexity index is 1140. The highest BCUT2D eigenvalue weighted by atomic mass is 16.2. The van der Waals surface area contributed by atoms with Gasteiger partial charge in [-0.3, -0.25) is 9.59 Å². The van der Waals surface area contributed by atoms with E-state index in [0.29, 0.717) is 31.9 Å². The normalized spacial score (nSPS) is 17.3. The zero-order valence-corrected chi connectivity index (χ0v) is 19.7. The van der Waals surface area contributed by atoms with Crippen LogP contribution in [0.1, 0.15) is 24.1 Å². The van der Waals surface area contributed by atoms with Crippen molar-refractivity contribution in [1.82, 2.24) is 24.6 Å². The molecule has 2 amide bonds. The Hall–Kier alpha value is -3.48. The molecule has 0 radical (unpaired) electrons. The van der Waals surface area contributed by atoms with Crippen LogP contribution in [0.25, 0.3) is 11.1 Å². The van der Waals surface area contributed by atoms with Crippen LogP contribution in [-0.4, -0.2) is 62.6 Å². The van der Waals surface area contributed by atoms with Gasteiger partial charge in [-0.15, -0.1) is 0 Å². The minimum atomic E-state index is -0.511. The van der Waals surface area contributed by atoms with Gasteiger partial charge in [0.2, 0.25) is 11.8 Å². The first-order chi connectivity index (χ1) is 15.8. The minimum absolute atomic E-state index is 0.0142. The van der Waals surface area contributed by atoms with Crippen molar-refractivity contribution in [3.8, 4) is 11.1 Å². The first-order valence-electron chi connectivity index (χ1n) is 11.4. The molecule has 0 aliphatic carbocycles. The van der Waals surface area contributed by atoms with Crippen LogP contribution < -0.4 is 0 Å². The summed E-state index contributed by atoms with van der Waals surface area (Å²) in [5.74, 6) is 1.14. The van der Waals surface area contributed by atoms with Gasteiger partial charge in [0.15, 0.2) is 0 Å². The second-order valence-electron chi connectivity index (χ2n) is 8.87. The van der Waals surface area contributed by atoms with E-state index >= 15 is 0 Å². The van der Waals surface area contributed by atoms with Crippen LogP contribution in [0.5, 0.6) is 0 Å². The van der Waals surface area contributed by atoms with Crippen LogP contribution in [0.15, 0.2) is 54.6 Å². The van der Waals surface area contributed by atoms with E-state index in [0.717, 1.165) is 22.5 Å². The number of nitrogens with zero attached hydrogens (tertiary/aromatic N) is 5. The summed E-state index contributed by atoms with van der Waals surface area (Å²) < 4.78 is 1.77. The summed E-state index contributed by atoms with van der Waals surface area (Å²) in [6, 6.07) is 17.9. The van der Waals surface area contributed by atoms with Crippen LogP contribution in [0.2, 0.25) is 0 Å². The number of carbonyl (C=O) groups excluding carboxylic acids is 2. The summed E-state index contributed by atoms with van der Waals surface area (Å²) in [6.07, 6.45) is 0.490. The Labute approximate surface area is 195 Å². The van der Waals surface area contributed by atoms with Crippen molar-refractivity contribution in [2.24, 2.45) is 5.92 Å². The zero-order valence-electron chi connectivity index (χ0n) is 19.7. The van der Waals surface area contributed by atoms with E-state index in [1.807, 2.05) is 58.2 Å². The number of piperazine rings is 1. The van der Waals surface area contributed by atoms with Crippen molar-refractivity contribution in [2.45, 2.75) is 39.8 Å². The number of rotatable bonds is 6. The molecule has 7 heteroatoms. The van der Waals surface area contributed by atoms with E-state index in [1.54, 1.807) is 14.5 Å². The molecule has 0 bridgehead atoms. The van der Waals surface area contributed by atoms with Crippen molar-refractivity contribution in [3.63, 3.8) is 0 Å². The summed E-state index contributed by atoms with van der Waals surface area (Å²) >= 11 is 0. The fourth-order valence-corrected chi connectivity index (χ4v) is 4.46. The van der Waals surface area contributed by atoms with Gasteiger partial charge in [0.05, 0.1) is 12.5 Å². The number of hydrogen-bond acceptors (Lipinski definition) is 4. The SMILES string of the molecule is Cc1nc(C)n(C[C@@H](C)C(=O)N2CCN(C)C(=O)[C@@H]2Cc2cccc(-c3ccccc3)c2)n1. The molecule has 2 atom stereocenters. The van der Waals surface area contributed by atoms with Crippen LogP contribution >= 0.6 is 0 Å². The third-order valence-electron chi connectivity index (χ3n) is 6.29. The Morgan fingerprint density at radius 2 is 1.79 bits per heavy atom. The van der Waals surface area contributed by atoms with Gasteiger partial charge in [-0.2, -0.15) is 5.10 Å². The van der Waals surface area contributed by atoms with Gasteiger partial charge < -0.3 is 9.80 Å². The quantitative estimate of drug-likeness (QED) is 0.585. The van der Waals surface area contributed by atoms with Gasteiger partial charge in [-0.1, -0.05) is 61.5 Å². The maximum atomic E-state index is 13.5. The highest BCUT2D eigenvalue weighted by Crippen LogP contribution is 2.23. The average Bonchev–Trinajstić information content (AvgIpc) is 3.13. The summed E-state index contributed by atoms with van der Waals surface area (Å²) in [5.41, 5.74) is 3.28. The Kier molecular flexibility index (Phi) is 6.58. The number of carbonyl (C=O) groups is 2. The molecule has 4 rings (SSSR count). The van der Waals surface area contributed by atoms with Crippen molar-refractivity contribution in [1.29, 1.82) is 0 Å². The number of benzene rings is 2. The van der Waals surface area contributed by atoms with Crippen LogP contribution in [0.4, 0.5) is 0 Å². The molecule has 1 saturated heterocycles. The third-order valence-corrected chi connectivity index (χ3v) is 6.29. The second-order valence-corrected chi connectivity index (χ2v) is 8.87. The summed E-state index contributed by atoms with van der Waals surface area (Å²) in [4.78, 5) is 34.4. The molecule has 1 aromatic heterocycles. The molecular formula is C26H31N5O2. The molecule has 0 N–H and O–H groups in total. The van der Waals surface area contributed by atoms with Crippen LogP contribution in [0, 0.1) is 19.8 Å². The number of likely N-dealkylation sites (N-methyl/N-ethyl adjacent to an activating group) is 1. The van der Waals surface area contributed by atoms with E-state index < -0.39 is 6.04 Å². The van der Waals surface area contributed by atoms with Crippen LogP contribution in [0.3, 0.4) is 0 Å². The summed E-state index contributed by atoms with van der Waals surface area (Å²) in [6.45, 7) is 7.15. The number of aryl methyl sites for hydroxylation is 2. The number of aromatic nitrogens is 3. The fraction of sp³-hybridized carbons (Fsp3) is 0.385. The average molecular weight is 446 g/mol. The Balaban J connectivity index is 1.55. The van der Waals surface area contributed by atoms with Crippen molar-refractivity contribution < 1.29 is 9.59 Å². The Morgan fingerprint density at radius 1 is 1.06 bits per heavy atom. The zero-order chi connectivity index (χ0) is 23.5. The van der Waals surface area contributed by atoms with Crippen molar-refractivity contribution in [3.05, 3.63) is 71.8 Å². The van der Waals surface area contributed by atoms with E-state index in [2.05, 4.69) is 34.3 Å². The maximum Gasteiger partial charge on any atom is 0.245 e. The molecule has 1 fully saturated rings. The topological polar surface area (TPSA) is 71.3 Å². The molecule has 2 heterocycles. The van der Waals surface area contributed by atoms with Crippen molar-refractivity contribution >= 4 is 11.8 Å². The van der Waals surface area contributed by atoms with Gasteiger partial charge in [0, 0.05) is 26.6 Å². The second kappa shape index (κ2) is 9.57. The number of hydrogen-bond donors (Lipinski definition) is 0. The lowest BCUT2D eigenvalue weighted by Gasteiger charge is -2.40. The lowest BCUT2D eigenvalue weighted by atomic mass is 9.96. The van der Waals surface area contributed by atoms with E-state index in [9.17, 15) is 9.59 Å². The molecule has 0 saturated carbocycles. The molecule has 0 unspecified atom stereocenters. The highest BCUT2D eigenvalue weighted by molar-refractivity contribution is 5.89. The molecule has 3 aromatic rings. The summed E-state index contributed by atoms with van der Waals surface area (Å²) in [7, 11) is 1.81.